The topological polar surface area (TPSA) is 113 Å². The number of rotatable bonds is 0. The quantitative estimate of drug-likeness (QED) is 0.276. The van der Waals surface area contributed by atoms with Crippen molar-refractivity contribution >= 4 is 7.82 Å². The van der Waals surface area contributed by atoms with Gasteiger partial charge < -0.3 is 20.8 Å². The predicted molar refractivity (Wildman–Crippen MR) is 19.3 cm³/mol. The molecule has 0 amide bonds. The van der Waals surface area contributed by atoms with E-state index in [0.29, 0.717) is 0 Å². The Hall–Kier alpha value is 0.784. The van der Waals surface area contributed by atoms with Crippen LogP contribution >= 0.6 is 7.82 Å². The second-order valence-electron chi connectivity index (χ2n) is 0.513. The molecule has 0 saturated carbocycles. The molecule has 0 aromatic carbocycles. The zero-order chi connectivity index (χ0) is 4.50. The SMILES string of the molecule is N.O=P(O)(O)O.[Ti]. The molecule has 0 heterocycles. The van der Waals surface area contributed by atoms with Gasteiger partial charge in [0.05, 0.1) is 0 Å². The van der Waals surface area contributed by atoms with Gasteiger partial charge in [-0.3, -0.25) is 0 Å². The molecule has 0 aliphatic rings. The summed E-state index contributed by atoms with van der Waals surface area (Å²) in [4.78, 5) is 21.6. The van der Waals surface area contributed by atoms with Gasteiger partial charge in [-0.1, -0.05) is 0 Å². The predicted octanol–water partition coefficient (Wildman–Crippen LogP) is -0.769. The van der Waals surface area contributed by atoms with Crippen LogP contribution < -0.4 is 6.15 Å². The summed E-state index contributed by atoms with van der Waals surface area (Å²) in [5, 5.41) is 0. The molecule has 0 saturated heterocycles. The summed E-state index contributed by atoms with van der Waals surface area (Å²) in [6, 6.07) is 0. The Morgan fingerprint density at radius 3 is 1.14 bits per heavy atom. The summed E-state index contributed by atoms with van der Waals surface area (Å²) in [6.07, 6.45) is 0. The second-order valence-corrected chi connectivity index (χ2v) is 1.54. The summed E-state index contributed by atoms with van der Waals surface area (Å²) in [6.45, 7) is 0. The van der Waals surface area contributed by atoms with E-state index in [0.717, 1.165) is 0 Å². The van der Waals surface area contributed by atoms with Crippen molar-refractivity contribution in [1.29, 1.82) is 0 Å². The normalized spacial score (nSPS) is 8.43. The first kappa shape index (κ1) is 15.7. The Morgan fingerprint density at radius 2 is 1.14 bits per heavy atom. The summed E-state index contributed by atoms with van der Waals surface area (Å²) >= 11 is 0. The number of phosphoric acid groups is 1. The van der Waals surface area contributed by atoms with Crippen LogP contribution in [0, 0.1) is 0 Å². The van der Waals surface area contributed by atoms with Crippen molar-refractivity contribution in [3.05, 3.63) is 0 Å². The van der Waals surface area contributed by atoms with Crippen molar-refractivity contribution in [2.24, 2.45) is 0 Å². The van der Waals surface area contributed by atoms with E-state index in [1.165, 1.54) is 0 Å². The van der Waals surface area contributed by atoms with Crippen LogP contribution in [0.25, 0.3) is 0 Å². The molecule has 0 fully saturated rings. The molecule has 0 rings (SSSR count). The maximum absolute atomic E-state index is 8.88. The third-order valence-corrected chi connectivity index (χ3v) is 0. The van der Waals surface area contributed by atoms with Crippen molar-refractivity contribution in [2.75, 3.05) is 0 Å². The minimum Gasteiger partial charge on any atom is -0.344 e. The van der Waals surface area contributed by atoms with Gasteiger partial charge in [0.1, 0.15) is 0 Å². The van der Waals surface area contributed by atoms with Crippen LogP contribution in [-0.4, -0.2) is 14.7 Å². The maximum atomic E-state index is 8.88. The molecule has 0 unspecified atom stereocenters. The van der Waals surface area contributed by atoms with E-state index in [1.807, 2.05) is 0 Å². The molecule has 7 heavy (non-hydrogen) atoms. The molecule has 0 aromatic rings. The van der Waals surface area contributed by atoms with E-state index in [9.17, 15) is 0 Å². The molecule has 6 N–H and O–H groups in total. The fourth-order valence-corrected chi connectivity index (χ4v) is 0. The van der Waals surface area contributed by atoms with Crippen molar-refractivity contribution in [3.8, 4) is 0 Å². The average molecular weight is 163 g/mol. The van der Waals surface area contributed by atoms with E-state index in [1.54, 1.807) is 0 Å². The van der Waals surface area contributed by atoms with E-state index in [4.69, 9.17) is 19.2 Å². The second kappa shape index (κ2) is 4.93. The fourth-order valence-electron chi connectivity index (χ4n) is 0. The molecular formula is H6NO4PTi. The summed E-state index contributed by atoms with van der Waals surface area (Å²) in [5.74, 6) is 0. The van der Waals surface area contributed by atoms with E-state index in [-0.39, 0.29) is 27.9 Å². The van der Waals surface area contributed by atoms with Gasteiger partial charge in [0.25, 0.3) is 0 Å². The van der Waals surface area contributed by atoms with Crippen molar-refractivity contribution < 1.29 is 41.0 Å². The zero-order valence-corrected chi connectivity index (χ0v) is 5.86. The Morgan fingerprint density at radius 1 is 1.14 bits per heavy atom. The fraction of sp³-hybridized carbons (Fsp3) is 0. The van der Waals surface area contributed by atoms with Gasteiger partial charge in [0.15, 0.2) is 0 Å². The smallest absolute Gasteiger partial charge is 0.344 e. The van der Waals surface area contributed by atoms with Gasteiger partial charge in [0, 0.05) is 21.7 Å². The molecule has 0 aliphatic carbocycles. The zero-order valence-electron chi connectivity index (χ0n) is 3.40. The summed E-state index contributed by atoms with van der Waals surface area (Å²) in [5.41, 5.74) is 0. The first-order chi connectivity index (χ1) is 2.00. The Balaban J connectivity index is -0.0000000800. The van der Waals surface area contributed by atoms with Gasteiger partial charge in [-0.05, 0) is 0 Å². The van der Waals surface area contributed by atoms with Crippen LogP contribution in [0.3, 0.4) is 0 Å². The van der Waals surface area contributed by atoms with Crippen molar-refractivity contribution in [1.82, 2.24) is 6.15 Å². The molecule has 0 radical (unpaired) electrons. The van der Waals surface area contributed by atoms with Crippen LogP contribution in [0.2, 0.25) is 0 Å². The van der Waals surface area contributed by atoms with Crippen molar-refractivity contribution in [2.45, 2.75) is 0 Å². The average Bonchev–Trinajstić information content (AvgIpc) is 0.722. The Bertz CT molecular complexity index is 57.8. The molecule has 0 aliphatic heterocycles. The van der Waals surface area contributed by atoms with Gasteiger partial charge in [-0.2, -0.15) is 0 Å². The maximum Gasteiger partial charge on any atom is 0.466 e. The summed E-state index contributed by atoms with van der Waals surface area (Å²) < 4.78 is 8.88. The van der Waals surface area contributed by atoms with Crippen LogP contribution in [0.15, 0.2) is 0 Å². The molecule has 0 aromatic heterocycles. The van der Waals surface area contributed by atoms with Crippen LogP contribution in [0.1, 0.15) is 0 Å². The van der Waals surface area contributed by atoms with Crippen LogP contribution in [0.5, 0.6) is 0 Å². The molecule has 44 valence electrons. The molecule has 0 bridgehead atoms. The Kier molecular flexibility index (Phi) is 11.0. The molecular weight excluding hydrogens is 157 g/mol. The standard InChI is InChI=1S/H3N.H3O4P.Ti/c;1-5(2,3)4;/h1H3;(H3,1,2,3,4);. The summed E-state index contributed by atoms with van der Waals surface area (Å²) in [7, 11) is -4.64. The molecule has 0 atom stereocenters. The monoisotopic (exact) mass is 163 g/mol. The Labute approximate surface area is 55.4 Å². The van der Waals surface area contributed by atoms with Gasteiger partial charge in [-0.15, -0.1) is 0 Å². The van der Waals surface area contributed by atoms with Gasteiger partial charge >= 0.3 is 7.82 Å². The largest absolute Gasteiger partial charge is 0.466 e. The molecule has 7 heteroatoms. The molecule has 5 nitrogen and oxygen atoms in total. The molecule has 0 spiro atoms. The number of hydrogen-bond donors (Lipinski definition) is 4. The van der Waals surface area contributed by atoms with E-state index < -0.39 is 7.82 Å². The minimum absolute atomic E-state index is 0. The number of hydrogen-bond acceptors (Lipinski definition) is 2. The van der Waals surface area contributed by atoms with Crippen molar-refractivity contribution in [3.63, 3.8) is 0 Å². The van der Waals surface area contributed by atoms with Gasteiger partial charge in [0.2, 0.25) is 0 Å². The third kappa shape index (κ3) is 252. The first-order valence-corrected chi connectivity index (χ1v) is 2.35. The van der Waals surface area contributed by atoms with Crippen LogP contribution in [0.4, 0.5) is 0 Å². The van der Waals surface area contributed by atoms with E-state index in [2.05, 4.69) is 0 Å². The van der Waals surface area contributed by atoms with E-state index >= 15 is 0 Å². The van der Waals surface area contributed by atoms with Crippen LogP contribution in [-0.2, 0) is 26.3 Å². The third-order valence-electron chi connectivity index (χ3n) is 0. The van der Waals surface area contributed by atoms with Gasteiger partial charge in [-0.25, -0.2) is 4.57 Å². The first-order valence-electron chi connectivity index (χ1n) is 0.783. The minimum atomic E-state index is -4.64.